The number of anilines is 1. The van der Waals surface area contributed by atoms with Gasteiger partial charge in [-0.25, -0.2) is 0 Å². The Balaban J connectivity index is 2.01. The van der Waals surface area contributed by atoms with Crippen molar-refractivity contribution in [3.8, 4) is 0 Å². The molecule has 1 N–H and O–H groups in total. The van der Waals surface area contributed by atoms with Gasteiger partial charge in [0, 0.05) is 25.5 Å². The average Bonchev–Trinajstić information content (AvgIpc) is 2.62. The summed E-state index contributed by atoms with van der Waals surface area (Å²) in [5, 5.41) is 3.31. The number of hydrogen-bond acceptors (Lipinski definition) is 4. The van der Waals surface area contributed by atoms with E-state index in [9.17, 15) is 9.59 Å². The van der Waals surface area contributed by atoms with Gasteiger partial charge in [0.1, 0.15) is 0 Å². The number of para-hydroxylation sites is 1. The fourth-order valence-corrected chi connectivity index (χ4v) is 2.80. The highest BCUT2D eigenvalue weighted by molar-refractivity contribution is 6.07. The number of fused-ring (bicyclic) bond motifs is 1. The van der Waals surface area contributed by atoms with Gasteiger partial charge in [0.15, 0.2) is 0 Å². The van der Waals surface area contributed by atoms with Gasteiger partial charge < -0.3 is 14.6 Å². The van der Waals surface area contributed by atoms with Gasteiger partial charge in [0.05, 0.1) is 28.8 Å². The SMILES string of the molecule is COCCn1ccc2nc(C)c(C(=O)Nc3ccccc3C)cc2c1=O. The fourth-order valence-electron chi connectivity index (χ4n) is 2.80. The van der Waals surface area contributed by atoms with Crippen molar-refractivity contribution in [2.75, 3.05) is 19.0 Å². The van der Waals surface area contributed by atoms with E-state index in [0.29, 0.717) is 35.3 Å². The normalized spacial score (nSPS) is 10.9. The second-order valence-electron chi connectivity index (χ2n) is 6.13. The highest BCUT2D eigenvalue weighted by atomic mass is 16.5. The molecule has 0 spiro atoms. The van der Waals surface area contributed by atoms with Crippen LogP contribution in [0.5, 0.6) is 0 Å². The highest BCUT2D eigenvalue weighted by Crippen LogP contribution is 2.18. The fraction of sp³-hybridized carbons (Fsp3) is 0.250. The van der Waals surface area contributed by atoms with E-state index in [-0.39, 0.29) is 11.5 Å². The summed E-state index contributed by atoms with van der Waals surface area (Å²) in [5.74, 6) is -0.280. The molecule has 0 fully saturated rings. The van der Waals surface area contributed by atoms with E-state index in [0.717, 1.165) is 11.3 Å². The van der Waals surface area contributed by atoms with Crippen LogP contribution in [0.3, 0.4) is 0 Å². The van der Waals surface area contributed by atoms with Gasteiger partial charge in [-0.05, 0) is 37.6 Å². The molecule has 26 heavy (non-hydrogen) atoms. The molecule has 1 amide bonds. The summed E-state index contributed by atoms with van der Waals surface area (Å²) in [6.45, 7) is 4.58. The number of nitrogens with zero attached hydrogens (tertiary/aromatic N) is 2. The minimum atomic E-state index is -0.280. The third-order valence-corrected chi connectivity index (χ3v) is 4.32. The molecule has 1 aromatic carbocycles. The van der Waals surface area contributed by atoms with Crippen LogP contribution in [0.4, 0.5) is 5.69 Å². The van der Waals surface area contributed by atoms with Gasteiger partial charge in [-0.2, -0.15) is 0 Å². The largest absolute Gasteiger partial charge is 0.383 e. The van der Waals surface area contributed by atoms with E-state index in [1.54, 1.807) is 36.9 Å². The van der Waals surface area contributed by atoms with Crippen LogP contribution in [0, 0.1) is 13.8 Å². The molecule has 0 atom stereocenters. The standard InChI is InChI=1S/C20H21N3O3/c1-13-6-4-5-7-17(13)22-19(24)15-12-16-18(21-14(15)2)8-9-23(20(16)25)10-11-26-3/h4-9,12H,10-11H2,1-3H3,(H,22,24). The number of aromatic nitrogens is 2. The van der Waals surface area contributed by atoms with E-state index >= 15 is 0 Å². The molecule has 6 nitrogen and oxygen atoms in total. The molecule has 3 rings (SSSR count). The molecule has 134 valence electrons. The molecular weight excluding hydrogens is 330 g/mol. The lowest BCUT2D eigenvalue weighted by atomic mass is 10.1. The van der Waals surface area contributed by atoms with E-state index in [1.165, 1.54) is 0 Å². The quantitative estimate of drug-likeness (QED) is 0.767. The Morgan fingerprint density at radius 3 is 2.73 bits per heavy atom. The van der Waals surface area contributed by atoms with Crippen LogP contribution >= 0.6 is 0 Å². The number of pyridine rings is 2. The number of benzene rings is 1. The Kier molecular flexibility index (Phi) is 5.14. The average molecular weight is 351 g/mol. The summed E-state index contributed by atoms with van der Waals surface area (Å²) in [4.78, 5) is 29.8. The summed E-state index contributed by atoms with van der Waals surface area (Å²) in [5.41, 5.74) is 3.07. The molecule has 0 aliphatic rings. The lowest BCUT2D eigenvalue weighted by Crippen LogP contribution is -2.23. The van der Waals surface area contributed by atoms with Crippen molar-refractivity contribution in [2.24, 2.45) is 0 Å². The summed E-state index contributed by atoms with van der Waals surface area (Å²) in [6, 6.07) is 10.9. The first kappa shape index (κ1) is 17.8. The number of aryl methyl sites for hydroxylation is 2. The molecule has 2 heterocycles. The summed E-state index contributed by atoms with van der Waals surface area (Å²) in [7, 11) is 1.59. The molecule has 0 saturated carbocycles. The summed E-state index contributed by atoms with van der Waals surface area (Å²) in [6.07, 6.45) is 1.70. The second-order valence-corrected chi connectivity index (χ2v) is 6.13. The maximum absolute atomic E-state index is 12.7. The van der Waals surface area contributed by atoms with Crippen molar-refractivity contribution in [2.45, 2.75) is 20.4 Å². The van der Waals surface area contributed by atoms with Crippen LogP contribution in [0.25, 0.3) is 10.9 Å². The third kappa shape index (κ3) is 3.50. The van der Waals surface area contributed by atoms with Gasteiger partial charge in [-0.15, -0.1) is 0 Å². The van der Waals surface area contributed by atoms with E-state index in [1.807, 2.05) is 31.2 Å². The smallest absolute Gasteiger partial charge is 0.260 e. The first-order chi connectivity index (χ1) is 12.5. The van der Waals surface area contributed by atoms with Gasteiger partial charge in [0.2, 0.25) is 0 Å². The molecule has 3 aromatic rings. The molecular formula is C20H21N3O3. The zero-order chi connectivity index (χ0) is 18.7. The van der Waals surface area contributed by atoms with E-state index in [2.05, 4.69) is 10.3 Å². The van der Waals surface area contributed by atoms with Crippen molar-refractivity contribution < 1.29 is 9.53 Å². The Hall–Kier alpha value is -2.99. The number of carbonyl (C=O) groups is 1. The minimum Gasteiger partial charge on any atom is -0.383 e. The molecule has 0 saturated heterocycles. The lowest BCUT2D eigenvalue weighted by molar-refractivity contribution is 0.102. The molecule has 0 aliphatic carbocycles. The Bertz CT molecular complexity index is 1020. The van der Waals surface area contributed by atoms with Crippen LogP contribution in [-0.4, -0.2) is 29.2 Å². The minimum absolute atomic E-state index is 0.183. The molecule has 0 radical (unpaired) electrons. The van der Waals surface area contributed by atoms with Crippen LogP contribution in [0.1, 0.15) is 21.6 Å². The number of methoxy groups -OCH3 is 1. The first-order valence-electron chi connectivity index (χ1n) is 8.38. The predicted molar refractivity (Wildman–Crippen MR) is 102 cm³/mol. The van der Waals surface area contributed by atoms with Crippen molar-refractivity contribution in [3.05, 3.63) is 69.8 Å². The van der Waals surface area contributed by atoms with Gasteiger partial charge >= 0.3 is 0 Å². The summed E-state index contributed by atoms with van der Waals surface area (Å²) < 4.78 is 6.59. The summed E-state index contributed by atoms with van der Waals surface area (Å²) >= 11 is 0. The van der Waals surface area contributed by atoms with Crippen molar-refractivity contribution >= 4 is 22.5 Å². The molecule has 2 aromatic heterocycles. The third-order valence-electron chi connectivity index (χ3n) is 4.32. The van der Waals surface area contributed by atoms with Crippen LogP contribution in [0.15, 0.2) is 47.4 Å². The van der Waals surface area contributed by atoms with Gasteiger partial charge in [-0.1, -0.05) is 18.2 Å². The number of ether oxygens (including phenoxy) is 1. The Morgan fingerprint density at radius 1 is 1.23 bits per heavy atom. The Labute approximate surface area is 151 Å². The Morgan fingerprint density at radius 2 is 2.00 bits per heavy atom. The zero-order valence-electron chi connectivity index (χ0n) is 15.1. The predicted octanol–water partition coefficient (Wildman–Crippen LogP) is 2.91. The van der Waals surface area contributed by atoms with E-state index in [4.69, 9.17) is 4.74 Å². The zero-order valence-corrected chi connectivity index (χ0v) is 15.1. The first-order valence-corrected chi connectivity index (χ1v) is 8.38. The molecule has 0 aliphatic heterocycles. The number of hydrogen-bond donors (Lipinski definition) is 1. The lowest BCUT2D eigenvalue weighted by Gasteiger charge is -2.11. The molecule has 0 bridgehead atoms. The number of carbonyl (C=O) groups excluding carboxylic acids is 1. The number of rotatable bonds is 5. The van der Waals surface area contributed by atoms with Crippen LogP contribution in [0.2, 0.25) is 0 Å². The van der Waals surface area contributed by atoms with Gasteiger partial charge in [0.25, 0.3) is 11.5 Å². The monoisotopic (exact) mass is 351 g/mol. The topological polar surface area (TPSA) is 73.2 Å². The van der Waals surface area contributed by atoms with E-state index < -0.39 is 0 Å². The van der Waals surface area contributed by atoms with Crippen molar-refractivity contribution in [3.63, 3.8) is 0 Å². The van der Waals surface area contributed by atoms with Gasteiger partial charge in [-0.3, -0.25) is 14.6 Å². The maximum Gasteiger partial charge on any atom is 0.260 e. The van der Waals surface area contributed by atoms with Crippen molar-refractivity contribution in [1.82, 2.24) is 9.55 Å². The molecule has 0 unspecified atom stereocenters. The van der Waals surface area contributed by atoms with Crippen LogP contribution < -0.4 is 10.9 Å². The second kappa shape index (κ2) is 7.49. The number of nitrogens with one attached hydrogen (secondary N) is 1. The number of amides is 1. The highest BCUT2D eigenvalue weighted by Gasteiger charge is 2.15. The maximum atomic E-state index is 12.7. The van der Waals surface area contributed by atoms with Crippen LogP contribution in [-0.2, 0) is 11.3 Å². The van der Waals surface area contributed by atoms with Crippen molar-refractivity contribution in [1.29, 1.82) is 0 Å². The molecule has 6 heteroatoms.